The van der Waals surface area contributed by atoms with Crippen molar-refractivity contribution in [2.75, 3.05) is 7.05 Å². The molecule has 6 heteroatoms. The van der Waals surface area contributed by atoms with Crippen molar-refractivity contribution in [3.8, 4) is 5.75 Å². The van der Waals surface area contributed by atoms with E-state index in [1.165, 1.54) is 6.07 Å². The molecule has 1 aliphatic carbocycles. The lowest BCUT2D eigenvalue weighted by molar-refractivity contribution is -0.386. The first-order valence-electron chi connectivity index (χ1n) is 6.14. The highest BCUT2D eigenvalue weighted by molar-refractivity contribution is 9.10. The summed E-state index contributed by atoms with van der Waals surface area (Å²) in [5, 5.41) is 14.3. The van der Waals surface area contributed by atoms with Gasteiger partial charge in [-0.1, -0.05) is 29.8 Å². The monoisotopic (exact) mass is 328 g/mol. The zero-order valence-corrected chi connectivity index (χ0v) is 12.7. The fourth-order valence-corrected chi connectivity index (χ4v) is 2.81. The molecule has 0 spiro atoms. The van der Waals surface area contributed by atoms with Crippen LogP contribution in [-0.2, 0) is 0 Å². The number of nitro benzene ring substituents is 1. The maximum atomic E-state index is 11.0. The molecule has 1 saturated carbocycles. The SMILES string of the molecule is CNC1CC(Oc2ccc(Br)cc2[N+](=O)[O-])C1(C)C. The molecule has 2 unspecified atom stereocenters. The van der Waals surface area contributed by atoms with Gasteiger partial charge in [-0.2, -0.15) is 0 Å². The molecular weight excluding hydrogens is 312 g/mol. The standard InChI is InChI=1S/C13H17BrN2O3/c1-13(2)11(15-3)7-12(13)19-10-5-4-8(14)6-9(10)16(17)18/h4-6,11-12,15H,7H2,1-3H3. The lowest BCUT2D eigenvalue weighted by Gasteiger charge is -2.51. The van der Waals surface area contributed by atoms with Crippen LogP contribution in [0.1, 0.15) is 20.3 Å². The van der Waals surface area contributed by atoms with Crippen molar-refractivity contribution in [2.24, 2.45) is 5.41 Å². The van der Waals surface area contributed by atoms with Crippen LogP contribution in [0.4, 0.5) is 5.69 Å². The molecule has 0 bridgehead atoms. The number of benzene rings is 1. The van der Waals surface area contributed by atoms with Gasteiger partial charge >= 0.3 is 5.69 Å². The summed E-state index contributed by atoms with van der Waals surface area (Å²) in [5.74, 6) is 0.334. The minimum atomic E-state index is -0.415. The summed E-state index contributed by atoms with van der Waals surface area (Å²) < 4.78 is 6.52. The molecule has 0 amide bonds. The van der Waals surface area contributed by atoms with Crippen LogP contribution in [-0.4, -0.2) is 24.1 Å². The molecule has 0 heterocycles. The molecule has 0 radical (unpaired) electrons. The van der Waals surface area contributed by atoms with Gasteiger partial charge in [0.05, 0.1) is 4.92 Å². The van der Waals surface area contributed by atoms with E-state index in [2.05, 4.69) is 35.1 Å². The molecule has 5 nitrogen and oxygen atoms in total. The molecule has 19 heavy (non-hydrogen) atoms. The molecule has 1 aliphatic rings. The maximum Gasteiger partial charge on any atom is 0.312 e. The molecule has 1 N–H and O–H groups in total. The molecule has 0 aromatic heterocycles. The van der Waals surface area contributed by atoms with Gasteiger partial charge in [-0.15, -0.1) is 0 Å². The summed E-state index contributed by atoms with van der Waals surface area (Å²) in [6.07, 6.45) is 0.848. The number of nitrogens with zero attached hydrogens (tertiary/aromatic N) is 1. The van der Waals surface area contributed by atoms with Crippen molar-refractivity contribution in [3.63, 3.8) is 0 Å². The number of rotatable bonds is 4. The first kappa shape index (κ1) is 14.3. The third-order valence-corrected chi connectivity index (χ3v) is 4.41. The molecule has 1 aromatic carbocycles. The third-order valence-electron chi connectivity index (χ3n) is 3.91. The second kappa shape index (κ2) is 5.09. The average molecular weight is 329 g/mol. The largest absolute Gasteiger partial charge is 0.483 e. The Morgan fingerprint density at radius 3 is 2.74 bits per heavy atom. The van der Waals surface area contributed by atoms with Crippen LogP contribution < -0.4 is 10.1 Å². The zero-order chi connectivity index (χ0) is 14.2. The Labute approximate surface area is 120 Å². The van der Waals surface area contributed by atoms with E-state index in [9.17, 15) is 10.1 Å². The Kier molecular flexibility index (Phi) is 3.82. The lowest BCUT2D eigenvalue weighted by Crippen LogP contribution is -2.61. The van der Waals surface area contributed by atoms with E-state index < -0.39 is 4.92 Å². The second-order valence-electron chi connectivity index (χ2n) is 5.37. The highest BCUT2D eigenvalue weighted by atomic mass is 79.9. The quantitative estimate of drug-likeness (QED) is 0.681. The van der Waals surface area contributed by atoms with Crippen LogP contribution in [0, 0.1) is 15.5 Å². The van der Waals surface area contributed by atoms with Crippen LogP contribution >= 0.6 is 15.9 Å². The van der Waals surface area contributed by atoms with Crippen LogP contribution in [0.5, 0.6) is 5.75 Å². The van der Waals surface area contributed by atoms with E-state index >= 15 is 0 Å². The van der Waals surface area contributed by atoms with Crippen molar-refractivity contribution in [1.29, 1.82) is 0 Å². The lowest BCUT2D eigenvalue weighted by atomic mass is 9.64. The van der Waals surface area contributed by atoms with Crippen molar-refractivity contribution in [2.45, 2.75) is 32.4 Å². The van der Waals surface area contributed by atoms with Crippen LogP contribution in [0.15, 0.2) is 22.7 Å². The van der Waals surface area contributed by atoms with Gasteiger partial charge in [0.1, 0.15) is 6.10 Å². The first-order chi connectivity index (χ1) is 8.86. The molecule has 0 aliphatic heterocycles. The third kappa shape index (κ3) is 2.60. The Hall–Kier alpha value is -1.14. The van der Waals surface area contributed by atoms with Gasteiger partial charge in [-0.05, 0) is 19.2 Å². The van der Waals surface area contributed by atoms with Crippen LogP contribution in [0.25, 0.3) is 0 Å². The van der Waals surface area contributed by atoms with Crippen molar-refractivity contribution < 1.29 is 9.66 Å². The normalized spacial score (nSPS) is 24.6. The number of ether oxygens (including phenoxy) is 1. The van der Waals surface area contributed by atoms with Crippen molar-refractivity contribution >= 4 is 21.6 Å². The summed E-state index contributed by atoms with van der Waals surface area (Å²) in [6, 6.07) is 5.25. The minimum absolute atomic E-state index is 0.00178. The van der Waals surface area contributed by atoms with Gasteiger partial charge in [0.2, 0.25) is 0 Å². The Morgan fingerprint density at radius 2 is 2.21 bits per heavy atom. The Morgan fingerprint density at radius 1 is 1.53 bits per heavy atom. The summed E-state index contributed by atoms with van der Waals surface area (Å²) in [6.45, 7) is 4.21. The van der Waals surface area contributed by atoms with Gasteiger partial charge in [0, 0.05) is 28.4 Å². The van der Waals surface area contributed by atoms with Gasteiger partial charge in [0.25, 0.3) is 0 Å². The van der Waals surface area contributed by atoms with E-state index in [0.717, 1.165) is 6.42 Å². The van der Waals surface area contributed by atoms with Gasteiger partial charge in [-0.25, -0.2) is 0 Å². The molecule has 1 aromatic rings. The molecule has 2 atom stereocenters. The topological polar surface area (TPSA) is 64.4 Å². The second-order valence-corrected chi connectivity index (χ2v) is 6.29. The molecule has 104 valence electrons. The van der Waals surface area contributed by atoms with E-state index in [0.29, 0.717) is 16.3 Å². The number of hydrogen-bond acceptors (Lipinski definition) is 4. The molecule has 1 fully saturated rings. The average Bonchev–Trinajstić information content (AvgIpc) is 2.35. The van der Waals surface area contributed by atoms with Crippen LogP contribution in [0.3, 0.4) is 0 Å². The molecule has 2 rings (SSSR count). The van der Waals surface area contributed by atoms with E-state index in [1.54, 1.807) is 12.1 Å². The van der Waals surface area contributed by atoms with Gasteiger partial charge < -0.3 is 10.1 Å². The van der Waals surface area contributed by atoms with Crippen molar-refractivity contribution in [1.82, 2.24) is 5.32 Å². The van der Waals surface area contributed by atoms with E-state index in [4.69, 9.17) is 4.74 Å². The van der Waals surface area contributed by atoms with Gasteiger partial charge in [0.15, 0.2) is 5.75 Å². The highest BCUT2D eigenvalue weighted by Crippen LogP contribution is 2.44. The fraction of sp³-hybridized carbons (Fsp3) is 0.538. The van der Waals surface area contributed by atoms with Crippen molar-refractivity contribution in [3.05, 3.63) is 32.8 Å². The van der Waals surface area contributed by atoms with E-state index in [1.807, 2.05) is 7.05 Å². The fourth-order valence-electron chi connectivity index (χ4n) is 2.46. The summed E-state index contributed by atoms with van der Waals surface area (Å²) in [5.41, 5.74) is -0.0338. The number of halogens is 1. The predicted molar refractivity (Wildman–Crippen MR) is 76.5 cm³/mol. The van der Waals surface area contributed by atoms with Gasteiger partial charge in [-0.3, -0.25) is 10.1 Å². The molecule has 0 saturated heterocycles. The zero-order valence-electron chi connectivity index (χ0n) is 11.1. The number of hydrogen-bond donors (Lipinski definition) is 1. The summed E-state index contributed by atoms with van der Waals surface area (Å²) in [4.78, 5) is 10.6. The molecular formula is C13H17BrN2O3. The highest BCUT2D eigenvalue weighted by Gasteiger charge is 2.49. The smallest absolute Gasteiger partial charge is 0.312 e. The first-order valence-corrected chi connectivity index (χ1v) is 6.93. The summed E-state index contributed by atoms with van der Waals surface area (Å²) in [7, 11) is 1.92. The predicted octanol–water partition coefficient (Wildman–Crippen LogP) is 3.12. The van der Waals surface area contributed by atoms with E-state index in [-0.39, 0.29) is 17.2 Å². The maximum absolute atomic E-state index is 11.0. The Bertz CT molecular complexity index is 505. The Balaban J connectivity index is 2.19. The summed E-state index contributed by atoms with van der Waals surface area (Å²) >= 11 is 3.24. The number of nitrogens with one attached hydrogen (secondary N) is 1. The minimum Gasteiger partial charge on any atom is -0.483 e. The number of nitro groups is 1. The van der Waals surface area contributed by atoms with Crippen LogP contribution in [0.2, 0.25) is 0 Å².